The molecule has 0 bridgehead atoms. The number of halogens is 4. The number of benzene rings is 1. The molecule has 0 amide bonds. The summed E-state index contributed by atoms with van der Waals surface area (Å²) in [6.45, 7) is 2.41. The van der Waals surface area contributed by atoms with E-state index in [0.717, 1.165) is 12.3 Å². The van der Waals surface area contributed by atoms with E-state index in [4.69, 9.17) is 4.42 Å². The van der Waals surface area contributed by atoms with Gasteiger partial charge in [-0.15, -0.1) is 5.10 Å². The Kier molecular flexibility index (Phi) is 5.29. The Bertz CT molecular complexity index is 1050. The lowest BCUT2D eigenvalue weighted by Gasteiger charge is -2.34. The lowest BCUT2D eigenvalue weighted by atomic mass is 10.2. The van der Waals surface area contributed by atoms with E-state index in [2.05, 4.69) is 10.1 Å². The molecular weight excluding hydrogens is 406 g/mol. The van der Waals surface area contributed by atoms with E-state index in [9.17, 15) is 22.4 Å². The Balaban J connectivity index is 1.37. The molecule has 158 valence electrons. The summed E-state index contributed by atoms with van der Waals surface area (Å²) in [5, 5.41) is 4.15. The largest absolute Gasteiger partial charge is 0.438 e. The molecule has 1 aromatic carbocycles. The van der Waals surface area contributed by atoms with Crippen LogP contribution in [-0.4, -0.2) is 45.8 Å². The van der Waals surface area contributed by atoms with Gasteiger partial charge in [-0.25, -0.2) is 14.2 Å². The number of nitrogens with zero attached hydrogens (tertiary/aromatic N) is 5. The van der Waals surface area contributed by atoms with Crippen LogP contribution in [0.25, 0.3) is 11.5 Å². The quantitative estimate of drug-likeness (QED) is 0.602. The van der Waals surface area contributed by atoms with Crippen molar-refractivity contribution in [2.24, 2.45) is 0 Å². The van der Waals surface area contributed by atoms with E-state index in [1.54, 1.807) is 0 Å². The molecule has 2 aromatic heterocycles. The molecule has 0 atom stereocenters. The van der Waals surface area contributed by atoms with Crippen molar-refractivity contribution in [3.05, 3.63) is 64.5 Å². The zero-order chi connectivity index (χ0) is 21.3. The third-order valence-corrected chi connectivity index (χ3v) is 4.80. The van der Waals surface area contributed by atoms with E-state index in [1.807, 2.05) is 9.80 Å². The first kappa shape index (κ1) is 20.1. The van der Waals surface area contributed by atoms with Crippen LogP contribution >= 0.6 is 0 Å². The number of piperazine rings is 1. The van der Waals surface area contributed by atoms with E-state index in [1.165, 1.54) is 35.0 Å². The zero-order valence-electron chi connectivity index (χ0n) is 15.6. The molecule has 1 fully saturated rings. The number of hydrogen-bond acceptors (Lipinski definition) is 6. The fourth-order valence-electron chi connectivity index (χ4n) is 3.15. The first-order valence-electron chi connectivity index (χ1n) is 9.14. The number of aromatic nitrogens is 3. The Morgan fingerprint density at radius 1 is 1.00 bits per heavy atom. The molecule has 30 heavy (non-hydrogen) atoms. The van der Waals surface area contributed by atoms with E-state index < -0.39 is 23.3 Å². The average molecular weight is 423 g/mol. The third kappa shape index (κ3) is 4.35. The minimum absolute atomic E-state index is 0.104. The minimum Gasteiger partial charge on any atom is -0.388 e. The summed E-state index contributed by atoms with van der Waals surface area (Å²) in [6.07, 6.45) is -3.59. The number of anilines is 1. The van der Waals surface area contributed by atoms with Gasteiger partial charge in [0.2, 0.25) is 5.89 Å². The summed E-state index contributed by atoms with van der Waals surface area (Å²) in [6, 6.07) is 7.82. The van der Waals surface area contributed by atoms with Crippen molar-refractivity contribution in [1.29, 1.82) is 0 Å². The van der Waals surface area contributed by atoms with E-state index in [0.29, 0.717) is 37.6 Å². The Morgan fingerprint density at radius 3 is 2.30 bits per heavy atom. The lowest BCUT2D eigenvalue weighted by Crippen LogP contribution is -2.48. The van der Waals surface area contributed by atoms with Crippen molar-refractivity contribution in [1.82, 2.24) is 19.7 Å². The van der Waals surface area contributed by atoms with Crippen LogP contribution < -0.4 is 10.7 Å². The van der Waals surface area contributed by atoms with E-state index in [-0.39, 0.29) is 12.6 Å². The van der Waals surface area contributed by atoms with Crippen LogP contribution in [0.2, 0.25) is 0 Å². The standard InChI is InChI=1S/C19H17F4N5O2/c20-15-4-1-13(2-5-15)17-25-28(18(29)30-17)12-26-7-9-27(10-8-26)16-6-3-14(11-24-16)19(21,22)23/h1-6,11H,7-10,12H2. The van der Waals surface area contributed by atoms with Crippen molar-refractivity contribution < 1.29 is 22.0 Å². The van der Waals surface area contributed by atoms with Crippen molar-refractivity contribution >= 4 is 5.82 Å². The average Bonchev–Trinajstić information content (AvgIpc) is 3.09. The summed E-state index contributed by atoms with van der Waals surface area (Å²) in [7, 11) is 0. The normalized spacial score (nSPS) is 15.5. The Hall–Kier alpha value is -3.21. The predicted octanol–water partition coefficient (Wildman–Crippen LogP) is 2.84. The maximum Gasteiger partial charge on any atom is 0.438 e. The fraction of sp³-hybridized carbons (Fsp3) is 0.316. The second kappa shape index (κ2) is 7.90. The lowest BCUT2D eigenvalue weighted by molar-refractivity contribution is -0.137. The zero-order valence-corrected chi connectivity index (χ0v) is 15.6. The summed E-state index contributed by atoms with van der Waals surface area (Å²) >= 11 is 0. The van der Waals surface area contributed by atoms with Crippen molar-refractivity contribution in [2.75, 3.05) is 31.1 Å². The monoisotopic (exact) mass is 423 g/mol. The highest BCUT2D eigenvalue weighted by Gasteiger charge is 2.31. The molecule has 0 unspecified atom stereocenters. The van der Waals surface area contributed by atoms with Gasteiger partial charge >= 0.3 is 11.9 Å². The van der Waals surface area contributed by atoms with Gasteiger partial charge in [0.25, 0.3) is 0 Å². The molecule has 3 heterocycles. The summed E-state index contributed by atoms with van der Waals surface area (Å²) in [4.78, 5) is 19.8. The van der Waals surface area contributed by atoms with Gasteiger partial charge in [0, 0.05) is 37.9 Å². The molecule has 3 aromatic rings. The van der Waals surface area contributed by atoms with Crippen molar-refractivity contribution in [3.8, 4) is 11.5 Å². The molecule has 0 spiro atoms. The molecular formula is C19H17F4N5O2. The number of alkyl halides is 3. The number of pyridine rings is 1. The van der Waals surface area contributed by atoms with Gasteiger partial charge in [0.1, 0.15) is 18.3 Å². The van der Waals surface area contributed by atoms with Gasteiger partial charge in [0.05, 0.1) is 5.56 Å². The van der Waals surface area contributed by atoms with Gasteiger partial charge in [0.15, 0.2) is 0 Å². The maximum absolute atomic E-state index is 13.0. The van der Waals surface area contributed by atoms with Crippen molar-refractivity contribution in [3.63, 3.8) is 0 Å². The van der Waals surface area contributed by atoms with Crippen LogP contribution in [0, 0.1) is 5.82 Å². The van der Waals surface area contributed by atoms with Gasteiger partial charge in [-0.1, -0.05) is 0 Å². The highest BCUT2D eigenvalue weighted by molar-refractivity contribution is 5.51. The summed E-state index contributed by atoms with van der Waals surface area (Å²) in [5.74, 6) is -0.450. The second-order valence-electron chi connectivity index (χ2n) is 6.83. The van der Waals surface area contributed by atoms with Crippen LogP contribution in [0.4, 0.5) is 23.4 Å². The van der Waals surface area contributed by atoms with Crippen LogP contribution in [0.15, 0.2) is 51.8 Å². The first-order valence-corrected chi connectivity index (χ1v) is 9.14. The molecule has 1 aliphatic heterocycles. The van der Waals surface area contributed by atoms with Gasteiger partial charge < -0.3 is 9.32 Å². The topological polar surface area (TPSA) is 67.4 Å². The highest BCUT2D eigenvalue weighted by atomic mass is 19.4. The third-order valence-electron chi connectivity index (χ3n) is 4.80. The molecule has 11 heteroatoms. The number of hydrogen-bond donors (Lipinski definition) is 0. The molecule has 0 saturated carbocycles. The van der Waals surface area contributed by atoms with Crippen LogP contribution in [-0.2, 0) is 12.8 Å². The summed E-state index contributed by atoms with van der Waals surface area (Å²) < 4.78 is 57.4. The molecule has 1 saturated heterocycles. The maximum atomic E-state index is 13.0. The van der Waals surface area contributed by atoms with Crippen LogP contribution in [0.3, 0.4) is 0 Å². The Labute approximate surface area is 168 Å². The predicted molar refractivity (Wildman–Crippen MR) is 99.2 cm³/mol. The molecule has 4 rings (SSSR count). The van der Waals surface area contributed by atoms with Gasteiger partial charge in [-0.05, 0) is 36.4 Å². The van der Waals surface area contributed by atoms with Crippen LogP contribution in [0.5, 0.6) is 0 Å². The minimum atomic E-state index is -4.41. The first-order chi connectivity index (χ1) is 14.3. The summed E-state index contributed by atoms with van der Waals surface area (Å²) in [5.41, 5.74) is -0.294. The van der Waals surface area contributed by atoms with Gasteiger partial charge in [-0.2, -0.15) is 17.9 Å². The molecule has 0 aliphatic carbocycles. The smallest absolute Gasteiger partial charge is 0.388 e. The molecule has 0 radical (unpaired) electrons. The van der Waals surface area contributed by atoms with Crippen LogP contribution in [0.1, 0.15) is 5.56 Å². The van der Waals surface area contributed by atoms with Gasteiger partial charge in [-0.3, -0.25) is 4.90 Å². The number of rotatable bonds is 4. The Morgan fingerprint density at radius 2 is 1.70 bits per heavy atom. The van der Waals surface area contributed by atoms with E-state index >= 15 is 0 Å². The van der Waals surface area contributed by atoms with Crippen molar-refractivity contribution in [2.45, 2.75) is 12.8 Å². The second-order valence-corrected chi connectivity index (χ2v) is 6.83. The fourth-order valence-corrected chi connectivity index (χ4v) is 3.15. The SMILES string of the molecule is O=c1oc(-c2ccc(F)cc2)nn1CN1CCN(c2ccc(C(F)(F)F)cn2)CC1. The molecule has 7 nitrogen and oxygen atoms in total. The molecule has 1 aliphatic rings. The highest BCUT2D eigenvalue weighted by Crippen LogP contribution is 2.29. The molecule has 0 N–H and O–H groups in total.